The number of nitrogens with zero attached hydrogens (tertiary/aromatic N) is 2. The molecule has 4 aromatic rings. The zero-order valence-electron chi connectivity index (χ0n) is 21.8. The quantitative estimate of drug-likeness (QED) is 0.203. The summed E-state index contributed by atoms with van der Waals surface area (Å²) < 4.78 is 28.2. The summed E-state index contributed by atoms with van der Waals surface area (Å²) in [5.74, 6) is 0.479. The predicted octanol–water partition coefficient (Wildman–Crippen LogP) is 4.72. The maximum Gasteiger partial charge on any atom is 0.301 e. The number of anilines is 1. The molecule has 1 unspecified atom stereocenters. The number of carbonyl (C=O) groups is 2. The van der Waals surface area contributed by atoms with E-state index in [2.05, 4.69) is 4.98 Å². The molecule has 2 aliphatic heterocycles. The molecule has 0 bridgehead atoms. The Morgan fingerprint density at radius 3 is 2.45 bits per heavy atom. The number of benzene rings is 3. The second-order valence-corrected chi connectivity index (χ2v) is 9.98. The number of hydrogen-bond acceptors (Lipinski definition) is 10. The molecule has 11 heteroatoms. The van der Waals surface area contributed by atoms with Crippen LogP contribution in [0.5, 0.6) is 28.7 Å². The highest BCUT2D eigenvalue weighted by atomic mass is 32.1. The van der Waals surface area contributed by atoms with Gasteiger partial charge in [-0.1, -0.05) is 17.4 Å². The van der Waals surface area contributed by atoms with Crippen molar-refractivity contribution in [3.8, 4) is 28.7 Å². The van der Waals surface area contributed by atoms with Crippen molar-refractivity contribution in [2.24, 2.45) is 0 Å². The Balaban J connectivity index is 1.55. The van der Waals surface area contributed by atoms with Crippen molar-refractivity contribution in [3.63, 3.8) is 0 Å². The lowest BCUT2D eigenvalue weighted by molar-refractivity contribution is -0.132. The van der Waals surface area contributed by atoms with Gasteiger partial charge < -0.3 is 28.8 Å². The van der Waals surface area contributed by atoms with Crippen LogP contribution >= 0.6 is 11.3 Å². The first-order valence-electron chi connectivity index (χ1n) is 12.3. The number of ketones is 1. The van der Waals surface area contributed by atoms with Crippen LogP contribution in [0.4, 0.5) is 5.13 Å². The molecule has 0 radical (unpaired) electrons. The van der Waals surface area contributed by atoms with E-state index in [0.717, 1.165) is 4.70 Å². The summed E-state index contributed by atoms with van der Waals surface area (Å²) in [5.41, 5.74) is 1.38. The molecule has 2 aliphatic rings. The number of amides is 1. The van der Waals surface area contributed by atoms with Crippen LogP contribution in [-0.4, -0.2) is 56.3 Å². The second-order valence-electron chi connectivity index (χ2n) is 8.97. The van der Waals surface area contributed by atoms with Gasteiger partial charge in [0.05, 0.1) is 43.2 Å². The van der Waals surface area contributed by atoms with Crippen LogP contribution in [0.3, 0.4) is 0 Å². The van der Waals surface area contributed by atoms with E-state index in [1.165, 1.54) is 30.5 Å². The van der Waals surface area contributed by atoms with Gasteiger partial charge in [-0.3, -0.25) is 14.5 Å². The number of carbonyl (C=O) groups excluding carboxylic acids is 2. The van der Waals surface area contributed by atoms with Crippen molar-refractivity contribution >= 4 is 44.1 Å². The molecule has 1 amide bonds. The van der Waals surface area contributed by atoms with E-state index in [9.17, 15) is 14.7 Å². The van der Waals surface area contributed by atoms with Gasteiger partial charge in [0, 0.05) is 5.56 Å². The first-order chi connectivity index (χ1) is 19.4. The van der Waals surface area contributed by atoms with E-state index in [1.54, 1.807) is 55.6 Å². The van der Waals surface area contributed by atoms with Gasteiger partial charge in [0.25, 0.3) is 5.78 Å². The second kappa shape index (κ2) is 10.1. The third-order valence-corrected chi connectivity index (χ3v) is 7.79. The summed E-state index contributed by atoms with van der Waals surface area (Å²) in [6.07, 6.45) is 0. The van der Waals surface area contributed by atoms with Crippen LogP contribution in [0.15, 0.2) is 60.2 Å². The molecule has 10 nitrogen and oxygen atoms in total. The summed E-state index contributed by atoms with van der Waals surface area (Å²) in [5, 5.41) is 11.8. The van der Waals surface area contributed by atoms with Crippen molar-refractivity contribution in [2.75, 3.05) is 39.4 Å². The molecule has 0 saturated carbocycles. The fourth-order valence-corrected chi connectivity index (χ4v) is 5.86. The number of Topliss-reactive ketones (excluding diaryl/α,β-unsaturated/α-hetero) is 1. The minimum Gasteiger partial charge on any atom is -0.507 e. The van der Waals surface area contributed by atoms with E-state index >= 15 is 0 Å². The maximum atomic E-state index is 13.6. The molecule has 0 spiro atoms. The molecule has 1 aromatic heterocycles. The number of rotatable bonds is 6. The Hall–Kier alpha value is -4.77. The molecule has 3 aromatic carbocycles. The summed E-state index contributed by atoms with van der Waals surface area (Å²) in [6.45, 7) is 0.770. The Morgan fingerprint density at radius 2 is 1.70 bits per heavy atom. The first kappa shape index (κ1) is 25.5. The molecule has 204 valence electrons. The molecular formula is C29H24N2O8S. The van der Waals surface area contributed by atoms with Gasteiger partial charge in [0.15, 0.2) is 28.1 Å². The summed E-state index contributed by atoms with van der Waals surface area (Å²) >= 11 is 1.24. The minimum atomic E-state index is -1.00. The third kappa shape index (κ3) is 4.15. The fourth-order valence-electron chi connectivity index (χ4n) is 4.84. The summed E-state index contributed by atoms with van der Waals surface area (Å²) in [4.78, 5) is 33.2. The number of hydrogen-bond donors (Lipinski definition) is 1. The van der Waals surface area contributed by atoms with Crippen LogP contribution in [0.25, 0.3) is 16.0 Å². The molecule has 1 fully saturated rings. The average Bonchev–Trinajstić information content (AvgIpc) is 3.53. The van der Waals surface area contributed by atoms with E-state index in [4.69, 9.17) is 23.7 Å². The number of aromatic nitrogens is 1. The van der Waals surface area contributed by atoms with Gasteiger partial charge in [0.1, 0.15) is 24.7 Å². The molecule has 3 heterocycles. The summed E-state index contributed by atoms with van der Waals surface area (Å²) in [7, 11) is 4.58. The highest BCUT2D eigenvalue weighted by Crippen LogP contribution is 2.46. The van der Waals surface area contributed by atoms with Crippen LogP contribution in [0, 0.1) is 0 Å². The zero-order chi connectivity index (χ0) is 28.0. The molecule has 0 aliphatic carbocycles. The Morgan fingerprint density at radius 1 is 0.925 bits per heavy atom. The smallest absolute Gasteiger partial charge is 0.301 e. The topological polar surface area (TPSA) is 117 Å². The van der Waals surface area contributed by atoms with Gasteiger partial charge in [0.2, 0.25) is 0 Å². The monoisotopic (exact) mass is 560 g/mol. The van der Waals surface area contributed by atoms with Gasteiger partial charge in [-0.15, -0.1) is 0 Å². The number of aliphatic hydroxyl groups is 1. The fraction of sp³-hybridized carbons (Fsp3) is 0.207. The van der Waals surface area contributed by atoms with Crippen LogP contribution in [-0.2, 0) is 9.59 Å². The van der Waals surface area contributed by atoms with Crippen molar-refractivity contribution in [3.05, 3.63) is 71.3 Å². The van der Waals surface area contributed by atoms with Crippen LogP contribution < -0.4 is 28.6 Å². The third-order valence-electron chi connectivity index (χ3n) is 6.77. The average molecular weight is 561 g/mol. The number of methoxy groups -OCH3 is 3. The molecule has 6 rings (SSSR count). The summed E-state index contributed by atoms with van der Waals surface area (Å²) in [6, 6.07) is 14.3. The van der Waals surface area contributed by atoms with Crippen molar-refractivity contribution in [1.29, 1.82) is 0 Å². The lowest BCUT2D eigenvalue weighted by Crippen LogP contribution is -2.29. The Kier molecular flexibility index (Phi) is 6.43. The normalized spacial score (nSPS) is 17.8. The molecular weight excluding hydrogens is 536 g/mol. The molecule has 40 heavy (non-hydrogen) atoms. The number of fused-ring (bicyclic) bond motifs is 2. The SMILES string of the molecule is COc1ccc2nc(N3C(=O)C(=O)/C(=C(\O)c4ccc5c(c4)OCCO5)C3c3ccc(OC)c(OC)c3)sc2c1. The van der Waals surface area contributed by atoms with Gasteiger partial charge in [-0.2, -0.15) is 0 Å². The van der Waals surface area contributed by atoms with Gasteiger partial charge in [-0.25, -0.2) is 4.98 Å². The van der Waals surface area contributed by atoms with E-state index < -0.39 is 17.7 Å². The Labute approximate surface area is 232 Å². The minimum absolute atomic E-state index is 0.0919. The highest BCUT2D eigenvalue weighted by Gasteiger charge is 2.48. The zero-order valence-corrected chi connectivity index (χ0v) is 22.6. The first-order valence-corrected chi connectivity index (χ1v) is 13.1. The van der Waals surface area contributed by atoms with Crippen LogP contribution in [0.2, 0.25) is 0 Å². The van der Waals surface area contributed by atoms with E-state index in [0.29, 0.717) is 63.7 Å². The van der Waals surface area contributed by atoms with Crippen molar-refractivity contribution in [2.45, 2.75) is 6.04 Å². The van der Waals surface area contributed by atoms with Gasteiger partial charge >= 0.3 is 5.91 Å². The maximum absolute atomic E-state index is 13.6. The number of thiazole rings is 1. The van der Waals surface area contributed by atoms with E-state index in [1.807, 2.05) is 6.07 Å². The number of ether oxygens (including phenoxy) is 5. The lowest BCUT2D eigenvalue weighted by atomic mass is 9.95. The molecule has 1 saturated heterocycles. The Bertz CT molecular complexity index is 1690. The largest absolute Gasteiger partial charge is 0.507 e. The lowest BCUT2D eigenvalue weighted by Gasteiger charge is -2.24. The molecule has 1 N–H and O–H groups in total. The van der Waals surface area contributed by atoms with E-state index in [-0.39, 0.29) is 11.3 Å². The van der Waals surface area contributed by atoms with Crippen LogP contribution in [0.1, 0.15) is 17.2 Å². The number of aliphatic hydroxyl groups excluding tert-OH is 1. The standard InChI is InChI=1S/C29H24N2O8S/c1-35-17-6-7-18-23(14-17)40-29(30-18)31-25(15-4-8-19(36-2)21(12-15)37-3)24(27(33)28(31)34)26(32)16-5-9-20-22(13-16)39-11-10-38-20/h4-9,12-14,25,32H,10-11H2,1-3H3/b26-24-. The van der Waals surface area contributed by atoms with Crippen molar-refractivity contribution < 1.29 is 38.4 Å². The predicted molar refractivity (Wildman–Crippen MR) is 148 cm³/mol. The molecule has 1 atom stereocenters. The van der Waals surface area contributed by atoms with Crippen molar-refractivity contribution in [1.82, 2.24) is 4.98 Å². The van der Waals surface area contributed by atoms with Gasteiger partial charge in [-0.05, 0) is 54.1 Å². The highest BCUT2D eigenvalue weighted by molar-refractivity contribution is 7.22.